The number of amides is 1. The number of carbonyl (C=O) groups is 1. The summed E-state index contributed by atoms with van der Waals surface area (Å²) in [7, 11) is 0. The van der Waals surface area contributed by atoms with Crippen LogP contribution in [0.2, 0.25) is 0 Å². The van der Waals surface area contributed by atoms with Crippen LogP contribution in [-0.4, -0.2) is 59.7 Å². The molecule has 3 aliphatic rings. The number of likely N-dealkylation sites (tertiary alicyclic amines) is 2. The summed E-state index contributed by atoms with van der Waals surface area (Å²) >= 11 is 0. The maximum absolute atomic E-state index is 12.3. The van der Waals surface area contributed by atoms with Gasteiger partial charge in [-0.1, -0.05) is 12.1 Å². The van der Waals surface area contributed by atoms with E-state index in [9.17, 15) is 4.79 Å². The number of rotatable bonds is 6. The van der Waals surface area contributed by atoms with Crippen molar-refractivity contribution in [2.45, 2.75) is 51.1 Å². The molecular formula is C21H30N2O3. The van der Waals surface area contributed by atoms with Crippen molar-refractivity contribution in [3.05, 3.63) is 29.8 Å². The first kappa shape index (κ1) is 17.8. The summed E-state index contributed by atoms with van der Waals surface area (Å²) in [6.07, 6.45) is 6.69. The Balaban J connectivity index is 1.36. The van der Waals surface area contributed by atoms with Crippen LogP contribution in [0.3, 0.4) is 0 Å². The number of hydrogen-bond acceptors (Lipinski definition) is 4. The van der Waals surface area contributed by atoms with Crippen molar-refractivity contribution in [2.75, 3.05) is 32.8 Å². The molecule has 0 bridgehead atoms. The number of ether oxygens (including phenoxy) is 1. The highest BCUT2D eigenvalue weighted by Gasteiger charge is 2.45. The minimum Gasteiger partial charge on any atom is -0.491 e. The van der Waals surface area contributed by atoms with Gasteiger partial charge in [0.2, 0.25) is 5.91 Å². The zero-order valence-electron chi connectivity index (χ0n) is 15.5. The molecule has 1 atom stereocenters. The van der Waals surface area contributed by atoms with E-state index in [2.05, 4.69) is 21.9 Å². The van der Waals surface area contributed by atoms with Gasteiger partial charge in [0.1, 0.15) is 12.4 Å². The number of piperidine rings is 2. The fraction of sp³-hybridized carbons (Fsp3) is 0.667. The van der Waals surface area contributed by atoms with Crippen LogP contribution in [0.25, 0.3) is 0 Å². The van der Waals surface area contributed by atoms with Gasteiger partial charge in [0, 0.05) is 37.5 Å². The fourth-order valence-corrected chi connectivity index (χ4v) is 4.65. The van der Waals surface area contributed by atoms with Crippen molar-refractivity contribution < 1.29 is 14.6 Å². The highest BCUT2D eigenvalue weighted by molar-refractivity contribution is 5.78. The fourth-order valence-electron chi connectivity index (χ4n) is 4.65. The molecule has 26 heavy (non-hydrogen) atoms. The lowest BCUT2D eigenvalue weighted by Gasteiger charge is -2.48. The van der Waals surface area contributed by atoms with E-state index < -0.39 is 0 Å². The normalized spacial score (nSPS) is 27.1. The van der Waals surface area contributed by atoms with E-state index in [1.807, 2.05) is 12.1 Å². The van der Waals surface area contributed by atoms with E-state index in [1.54, 1.807) is 0 Å². The van der Waals surface area contributed by atoms with Crippen molar-refractivity contribution >= 4 is 5.91 Å². The molecule has 1 aliphatic carbocycles. The maximum atomic E-state index is 12.3. The van der Waals surface area contributed by atoms with Gasteiger partial charge in [-0.15, -0.1) is 0 Å². The zero-order chi connectivity index (χ0) is 18.0. The molecule has 5 heteroatoms. The van der Waals surface area contributed by atoms with Crippen LogP contribution in [0.1, 0.15) is 44.1 Å². The molecule has 4 rings (SSSR count). The van der Waals surface area contributed by atoms with Gasteiger partial charge < -0.3 is 14.7 Å². The lowest BCUT2D eigenvalue weighted by atomic mass is 9.73. The number of hydrogen-bond donors (Lipinski definition) is 1. The summed E-state index contributed by atoms with van der Waals surface area (Å²) in [5.41, 5.74) is 1.60. The smallest absolute Gasteiger partial charge is 0.222 e. The summed E-state index contributed by atoms with van der Waals surface area (Å²) in [6, 6.07) is 8.75. The molecule has 1 amide bonds. The predicted molar refractivity (Wildman–Crippen MR) is 99.9 cm³/mol. The van der Waals surface area contributed by atoms with E-state index >= 15 is 0 Å². The van der Waals surface area contributed by atoms with Crippen LogP contribution in [-0.2, 0) is 11.3 Å². The summed E-state index contributed by atoms with van der Waals surface area (Å²) in [5.74, 6) is 1.19. The highest BCUT2D eigenvalue weighted by atomic mass is 16.5. The lowest BCUT2D eigenvalue weighted by Crippen LogP contribution is -2.54. The van der Waals surface area contributed by atoms with Crippen LogP contribution < -0.4 is 4.74 Å². The number of nitrogens with zero attached hydrogens (tertiary/aromatic N) is 2. The minimum absolute atomic E-state index is 0.0397. The van der Waals surface area contributed by atoms with Crippen molar-refractivity contribution in [1.82, 2.24) is 9.80 Å². The molecule has 1 spiro atoms. The van der Waals surface area contributed by atoms with Crippen molar-refractivity contribution in [2.24, 2.45) is 5.41 Å². The molecule has 3 fully saturated rings. The van der Waals surface area contributed by atoms with Crippen LogP contribution in [0, 0.1) is 5.41 Å². The topological polar surface area (TPSA) is 53.0 Å². The third-order valence-corrected chi connectivity index (χ3v) is 6.11. The van der Waals surface area contributed by atoms with Gasteiger partial charge in [0.25, 0.3) is 0 Å². The quantitative estimate of drug-likeness (QED) is 0.849. The Kier molecular flexibility index (Phi) is 5.18. The SMILES string of the molecule is O=C1CC[C@]2(CCCN(Cc3ccc(OCCO)cc3)C2)CN1C1CC1. The molecule has 2 saturated heterocycles. The Morgan fingerprint density at radius 2 is 1.96 bits per heavy atom. The highest BCUT2D eigenvalue weighted by Crippen LogP contribution is 2.42. The number of carbonyl (C=O) groups excluding carboxylic acids is 1. The summed E-state index contributed by atoms with van der Waals surface area (Å²) in [4.78, 5) is 17.0. The Morgan fingerprint density at radius 1 is 1.15 bits per heavy atom. The third kappa shape index (κ3) is 4.04. The number of aliphatic hydroxyl groups excluding tert-OH is 1. The molecule has 0 radical (unpaired) electrons. The second-order valence-electron chi connectivity index (χ2n) is 8.28. The first-order valence-corrected chi connectivity index (χ1v) is 10.0. The molecule has 1 aromatic rings. The lowest BCUT2D eigenvalue weighted by molar-refractivity contribution is -0.140. The van der Waals surface area contributed by atoms with Gasteiger partial charge in [-0.2, -0.15) is 0 Å². The molecule has 2 aliphatic heterocycles. The van der Waals surface area contributed by atoms with Crippen LogP contribution >= 0.6 is 0 Å². The molecule has 0 unspecified atom stereocenters. The standard InChI is InChI=1S/C21H30N2O3/c24-12-13-26-19-6-2-17(3-7-19)14-22-11-1-9-21(15-22)10-8-20(25)23(16-21)18-4-5-18/h2-3,6-7,18,24H,1,4-5,8-16H2/t21-/m0/s1. The second-order valence-corrected chi connectivity index (χ2v) is 8.28. The molecular weight excluding hydrogens is 328 g/mol. The second kappa shape index (κ2) is 7.57. The first-order valence-electron chi connectivity index (χ1n) is 10.0. The van der Waals surface area contributed by atoms with E-state index in [0.29, 0.717) is 24.0 Å². The molecule has 1 saturated carbocycles. The van der Waals surface area contributed by atoms with Gasteiger partial charge in [-0.3, -0.25) is 9.69 Å². The van der Waals surface area contributed by atoms with E-state index in [4.69, 9.17) is 9.84 Å². The molecule has 1 N–H and O–H groups in total. The first-order chi connectivity index (χ1) is 12.7. The average molecular weight is 358 g/mol. The van der Waals surface area contributed by atoms with Crippen molar-refractivity contribution in [3.63, 3.8) is 0 Å². The summed E-state index contributed by atoms with van der Waals surface area (Å²) in [6.45, 7) is 4.55. The van der Waals surface area contributed by atoms with Gasteiger partial charge in [-0.25, -0.2) is 0 Å². The Labute approximate surface area is 155 Å². The zero-order valence-corrected chi connectivity index (χ0v) is 15.5. The molecule has 5 nitrogen and oxygen atoms in total. The van der Waals surface area contributed by atoms with E-state index in [0.717, 1.165) is 44.8 Å². The Bertz CT molecular complexity index is 629. The largest absolute Gasteiger partial charge is 0.491 e. The molecule has 0 aromatic heterocycles. The summed E-state index contributed by atoms with van der Waals surface area (Å²) < 4.78 is 5.44. The van der Waals surface area contributed by atoms with Gasteiger partial charge in [-0.05, 0) is 56.3 Å². The van der Waals surface area contributed by atoms with Gasteiger partial charge in [0.15, 0.2) is 0 Å². The number of benzene rings is 1. The van der Waals surface area contributed by atoms with E-state index in [-0.39, 0.29) is 6.61 Å². The summed E-state index contributed by atoms with van der Waals surface area (Å²) in [5, 5.41) is 8.84. The van der Waals surface area contributed by atoms with Crippen LogP contribution in [0.4, 0.5) is 0 Å². The Hall–Kier alpha value is -1.59. The van der Waals surface area contributed by atoms with Crippen LogP contribution in [0.15, 0.2) is 24.3 Å². The average Bonchev–Trinajstić information content (AvgIpc) is 3.49. The van der Waals surface area contributed by atoms with Crippen molar-refractivity contribution in [1.29, 1.82) is 0 Å². The molecule has 1 aromatic carbocycles. The third-order valence-electron chi connectivity index (χ3n) is 6.11. The van der Waals surface area contributed by atoms with Crippen molar-refractivity contribution in [3.8, 4) is 5.75 Å². The monoisotopic (exact) mass is 358 g/mol. The van der Waals surface area contributed by atoms with Crippen LogP contribution in [0.5, 0.6) is 5.75 Å². The minimum atomic E-state index is 0.0397. The van der Waals surface area contributed by atoms with Gasteiger partial charge in [0.05, 0.1) is 6.61 Å². The van der Waals surface area contributed by atoms with E-state index in [1.165, 1.54) is 31.2 Å². The predicted octanol–water partition coefficient (Wildman–Crippen LogP) is 2.42. The molecule has 142 valence electrons. The molecule has 2 heterocycles. The van der Waals surface area contributed by atoms with Gasteiger partial charge >= 0.3 is 0 Å². The number of aliphatic hydroxyl groups is 1. The Morgan fingerprint density at radius 3 is 2.69 bits per heavy atom. The maximum Gasteiger partial charge on any atom is 0.222 e.